The summed E-state index contributed by atoms with van der Waals surface area (Å²) in [6, 6.07) is 0. The van der Waals surface area contributed by atoms with Gasteiger partial charge in [-0.15, -0.1) is 0 Å². The maximum absolute atomic E-state index is 12.4. The molecule has 0 aromatic heterocycles. The van der Waals surface area contributed by atoms with Gasteiger partial charge < -0.3 is 19.3 Å². The molecule has 0 saturated heterocycles. The molecule has 0 unspecified atom stereocenters. The maximum atomic E-state index is 12.4. The number of phosphoric acid groups is 1. The largest absolute Gasteiger partial charge is 0.469 e. The Labute approximate surface area is 295 Å². The summed E-state index contributed by atoms with van der Waals surface area (Å²) in [5.74, 6) is -0.0735. The summed E-state index contributed by atoms with van der Waals surface area (Å²) < 4.78 is 26.3. The van der Waals surface area contributed by atoms with Gasteiger partial charge in [-0.3, -0.25) is 14.1 Å². The Hall–Kier alpha value is -0.950. The highest BCUT2D eigenvalue weighted by molar-refractivity contribution is 7.46. The molecule has 0 bridgehead atoms. The zero-order valence-electron chi connectivity index (χ0n) is 31.6. The average molecular weight is 705 g/mol. The van der Waals surface area contributed by atoms with Crippen molar-refractivity contribution < 1.29 is 37.9 Å². The van der Waals surface area contributed by atoms with E-state index in [0.717, 1.165) is 44.4 Å². The van der Waals surface area contributed by atoms with Gasteiger partial charge in [0.25, 0.3) is 0 Å². The molecule has 0 spiro atoms. The van der Waals surface area contributed by atoms with Crippen LogP contribution in [0.2, 0.25) is 0 Å². The molecule has 0 heterocycles. The minimum Gasteiger partial charge on any atom is -0.462 e. The summed E-state index contributed by atoms with van der Waals surface area (Å²) in [7, 11) is -4.74. The summed E-state index contributed by atoms with van der Waals surface area (Å²) in [6.07, 6.45) is 34.0. The summed E-state index contributed by atoms with van der Waals surface area (Å²) in [5.41, 5.74) is 0. The van der Waals surface area contributed by atoms with E-state index in [0.29, 0.717) is 6.42 Å². The molecular weight excluding hydrogens is 627 g/mol. The smallest absolute Gasteiger partial charge is 0.462 e. The molecule has 0 aliphatic heterocycles. The van der Waals surface area contributed by atoms with Gasteiger partial charge in [-0.2, -0.15) is 0 Å². The number of phosphoric ester groups is 1. The molecule has 8 nitrogen and oxygen atoms in total. The number of hydrogen-bond donors (Lipinski definition) is 2. The zero-order valence-corrected chi connectivity index (χ0v) is 32.5. The van der Waals surface area contributed by atoms with Crippen molar-refractivity contribution in [2.45, 2.75) is 219 Å². The second-order valence-electron chi connectivity index (χ2n) is 14.5. The quantitative estimate of drug-likeness (QED) is 0.0372. The van der Waals surface area contributed by atoms with E-state index < -0.39 is 32.5 Å². The number of esters is 2. The number of ether oxygens (including phenoxy) is 2. The van der Waals surface area contributed by atoms with Crippen LogP contribution in [0.25, 0.3) is 0 Å². The number of carbonyl (C=O) groups excluding carboxylic acids is 2. The van der Waals surface area contributed by atoms with Crippen LogP contribution in [0.1, 0.15) is 213 Å². The molecule has 0 radical (unpaired) electrons. The number of unbranched alkanes of at least 4 members (excludes halogenated alkanes) is 25. The van der Waals surface area contributed by atoms with E-state index in [1.54, 1.807) is 0 Å². The van der Waals surface area contributed by atoms with Crippen molar-refractivity contribution >= 4 is 19.8 Å². The molecule has 48 heavy (non-hydrogen) atoms. The number of carbonyl (C=O) groups is 2. The topological polar surface area (TPSA) is 119 Å². The van der Waals surface area contributed by atoms with Gasteiger partial charge in [0.2, 0.25) is 0 Å². The Morgan fingerprint density at radius 2 is 0.875 bits per heavy atom. The number of rotatable bonds is 37. The lowest BCUT2D eigenvalue weighted by molar-refractivity contribution is -0.161. The molecule has 286 valence electrons. The monoisotopic (exact) mass is 705 g/mol. The van der Waals surface area contributed by atoms with Crippen LogP contribution in [0.4, 0.5) is 0 Å². The molecule has 0 fully saturated rings. The van der Waals surface area contributed by atoms with Gasteiger partial charge in [0.15, 0.2) is 6.10 Å². The van der Waals surface area contributed by atoms with Crippen molar-refractivity contribution in [2.75, 3.05) is 13.2 Å². The first-order valence-electron chi connectivity index (χ1n) is 20.2. The highest BCUT2D eigenvalue weighted by Crippen LogP contribution is 2.36. The average Bonchev–Trinajstić information content (AvgIpc) is 3.03. The molecule has 0 aromatic rings. The van der Waals surface area contributed by atoms with E-state index in [4.69, 9.17) is 19.3 Å². The molecule has 2 N–H and O–H groups in total. The fourth-order valence-corrected chi connectivity index (χ4v) is 6.39. The van der Waals surface area contributed by atoms with Crippen molar-refractivity contribution in [2.24, 2.45) is 5.92 Å². The first-order chi connectivity index (χ1) is 23.1. The first-order valence-corrected chi connectivity index (χ1v) is 21.7. The lowest BCUT2D eigenvalue weighted by Crippen LogP contribution is -2.29. The minimum atomic E-state index is -4.74. The van der Waals surface area contributed by atoms with Crippen LogP contribution < -0.4 is 0 Å². The van der Waals surface area contributed by atoms with Gasteiger partial charge in [0, 0.05) is 12.8 Å². The second kappa shape index (κ2) is 34.5. The van der Waals surface area contributed by atoms with Gasteiger partial charge in [-0.25, -0.2) is 4.57 Å². The minimum absolute atomic E-state index is 0.218. The highest BCUT2D eigenvalue weighted by Gasteiger charge is 2.22. The fourth-order valence-electron chi connectivity index (χ4n) is 6.03. The molecule has 0 aliphatic carbocycles. The predicted molar refractivity (Wildman–Crippen MR) is 198 cm³/mol. The lowest BCUT2D eigenvalue weighted by Gasteiger charge is -2.18. The van der Waals surface area contributed by atoms with Gasteiger partial charge in [0.05, 0.1) is 6.61 Å². The third kappa shape index (κ3) is 37.9. The molecule has 9 heteroatoms. The first kappa shape index (κ1) is 47.0. The van der Waals surface area contributed by atoms with E-state index >= 15 is 0 Å². The molecule has 0 aliphatic rings. The predicted octanol–water partition coefficient (Wildman–Crippen LogP) is 11.9. The molecule has 0 rings (SSSR count). The van der Waals surface area contributed by atoms with Crippen LogP contribution in [-0.4, -0.2) is 41.0 Å². The summed E-state index contributed by atoms with van der Waals surface area (Å²) >= 11 is 0. The van der Waals surface area contributed by atoms with Crippen molar-refractivity contribution in [1.82, 2.24) is 0 Å². The van der Waals surface area contributed by atoms with Crippen LogP contribution in [-0.2, 0) is 28.2 Å². The summed E-state index contributed by atoms with van der Waals surface area (Å²) in [4.78, 5) is 42.7. The van der Waals surface area contributed by atoms with Crippen molar-refractivity contribution in [3.8, 4) is 0 Å². The van der Waals surface area contributed by atoms with Crippen LogP contribution in [0.3, 0.4) is 0 Å². The summed E-state index contributed by atoms with van der Waals surface area (Å²) in [6.45, 7) is 6.01. The highest BCUT2D eigenvalue weighted by atomic mass is 31.2. The molecule has 1 atom stereocenters. The van der Waals surface area contributed by atoms with Crippen LogP contribution in [0, 0.1) is 5.92 Å². The van der Waals surface area contributed by atoms with E-state index in [-0.39, 0.29) is 19.4 Å². The number of hydrogen-bond acceptors (Lipinski definition) is 6. The molecular formula is C39H77O8P. The molecule has 0 saturated carbocycles. The van der Waals surface area contributed by atoms with Crippen LogP contribution in [0.5, 0.6) is 0 Å². The van der Waals surface area contributed by atoms with E-state index in [2.05, 4.69) is 25.3 Å². The Morgan fingerprint density at radius 3 is 1.25 bits per heavy atom. The standard InChI is InChI=1S/C39H77O8P/c1-4-5-6-7-8-9-10-11-12-13-14-15-16-20-23-26-29-32-38(40)45-34-37(35-46-48(42,43)44)47-39(41)33-30-27-24-21-18-17-19-22-25-28-31-36(2)3/h36-37H,4-35H2,1-3H3,(H2,42,43,44)/t37-/m1/s1. The lowest BCUT2D eigenvalue weighted by atomic mass is 10.0. The molecule has 0 aromatic carbocycles. The van der Waals surface area contributed by atoms with E-state index in [9.17, 15) is 14.2 Å². The Morgan fingerprint density at radius 1 is 0.521 bits per heavy atom. The van der Waals surface area contributed by atoms with Gasteiger partial charge in [-0.1, -0.05) is 188 Å². The second-order valence-corrected chi connectivity index (χ2v) is 15.7. The summed E-state index contributed by atoms with van der Waals surface area (Å²) in [5, 5.41) is 0. The van der Waals surface area contributed by atoms with Gasteiger partial charge in [-0.05, 0) is 18.8 Å². The van der Waals surface area contributed by atoms with Gasteiger partial charge >= 0.3 is 19.8 Å². The van der Waals surface area contributed by atoms with Gasteiger partial charge in [0.1, 0.15) is 6.61 Å². The third-order valence-electron chi connectivity index (χ3n) is 9.05. The SMILES string of the molecule is CCCCCCCCCCCCCCCCCCCC(=O)OC[C@H](COP(=O)(O)O)OC(=O)CCCCCCCCCCCCC(C)C. The van der Waals surface area contributed by atoms with E-state index in [1.165, 1.54) is 135 Å². The van der Waals surface area contributed by atoms with Crippen LogP contribution >= 0.6 is 7.82 Å². The molecule has 0 amide bonds. The van der Waals surface area contributed by atoms with Crippen LogP contribution in [0.15, 0.2) is 0 Å². The Balaban J connectivity index is 3.87. The van der Waals surface area contributed by atoms with E-state index in [1.807, 2.05) is 0 Å². The normalized spacial score (nSPS) is 12.5. The third-order valence-corrected chi connectivity index (χ3v) is 9.54. The maximum Gasteiger partial charge on any atom is 0.469 e. The Bertz CT molecular complexity index is 769. The zero-order chi connectivity index (χ0) is 35.6. The Kier molecular flexibility index (Phi) is 33.8. The fraction of sp³-hybridized carbons (Fsp3) is 0.949. The van der Waals surface area contributed by atoms with Crippen molar-refractivity contribution in [1.29, 1.82) is 0 Å². The van der Waals surface area contributed by atoms with Crippen molar-refractivity contribution in [3.63, 3.8) is 0 Å². The van der Waals surface area contributed by atoms with Crippen molar-refractivity contribution in [3.05, 3.63) is 0 Å².